The molecule has 1 fully saturated rings. The SMILES string of the molecule is Cn1cc(CN(CCBr)C2CC2)nn1. The molecule has 5 heteroatoms. The second-order valence-electron chi connectivity index (χ2n) is 3.77. The van der Waals surface area contributed by atoms with Crippen molar-refractivity contribution in [2.45, 2.75) is 25.4 Å². The molecule has 1 saturated carbocycles. The first kappa shape index (κ1) is 10.1. The fourth-order valence-electron chi connectivity index (χ4n) is 1.61. The highest BCUT2D eigenvalue weighted by atomic mass is 79.9. The van der Waals surface area contributed by atoms with Crippen LogP contribution in [0.3, 0.4) is 0 Å². The van der Waals surface area contributed by atoms with Crippen molar-refractivity contribution >= 4 is 15.9 Å². The van der Waals surface area contributed by atoms with Crippen molar-refractivity contribution in [3.8, 4) is 0 Å². The molecule has 0 amide bonds. The van der Waals surface area contributed by atoms with Crippen LogP contribution in [0.1, 0.15) is 18.5 Å². The maximum atomic E-state index is 4.10. The molecule has 0 unspecified atom stereocenters. The van der Waals surface area contributed by atoms with Gasteiger partial charge in [-0.2, -0.15) is 0 Å². The quantitative estimate of drug-likeness (QED) is 0.744. The monoisotopic (exact) mass is 258 g/mol. The Balaban J connectivity index is 1.92. The Labute approximate surface area is 92.4 Å². The van der Waals surface area contributed by atoms with E-state index in [4.69, 9.17) is 0 Å². The second kappa shape index (κ2) is 4.40. The molecule has 1 aliphatic rings. The van der Waals surface area contributed by atoms with Gasteiger partial charge in [-0.25, -0.2) is 0 Å². The van der Waals surface area contributed by atoms with Gasteiger partial charge in [0, 0.05) is 37.7 Å². The van der Waals surface area contributed by atoms with Crippen LogP contribution < -0.4 is 0 Å². The van der Waals surface area contributed by atoms with E-state index in [2.05, 4.69) is 31.1 Å². The van der Waals surface area contributed by atoms with Gasteiger partial charge in [0.25, 0.3) is 0 Å². The van der Waals surface area contributed by atoms with E-state index >= 15 is 0 Å². The van der Waals surface area contributed by atoms with Gasteiger partial charge in [0.15, 0.2) is 0 Å². The molecule has 0 aliphatic heterocycles. The lowest BCUT2D eigenvalue weighted by Crippen LogP contribution is -2.27. The number of alkyl halides is 1. The van der Waals surface area contributed by atoms with Gasteiger partial charge in [-0.3, -0.25) is 9.58 Å². The molecule has 2 rings (SSSR count). The Bertz CT molecular complexity index is 295. The van der Waals surface area contributed by atoms with E-state index in [9.17, 15) is 0 Å². The first-order valence-electron chi connectivity index (χ1n) is 4.95. The molecular weight excluding hydrogens is 244 g/mol. The van der Waals surface area contributed by atoms with Crippen LogP contribution in [-0.4, -0.2) is 37.8 Å². The number of aromatic nitrogens is 3. The molecule has 0 N–H and O–H groups in total. The number of nitrogens with zero attached hydrogens (tertiary/aromatic N) is 4. The zero-order valence-corrected chi connectivity index (χ0v) is 9.94. The van der Waals surface area contributed by atoms with Gasteiger partial charge in [0.05, 0.1) is 5.69 Å². The Morgan fingerprint density at radius 1 is 1.64 bits per heavy atom. The molecule has 0 bridgehead atoms. The summed E-state index contributed by atoms with van der Waals surface area (Å²) >= 11 is 3.48. The van der Waals surface area contributed by atoms with Crippen molar-refractivity contribution in [1.82, 2.24) is 19.9 Å². The van der Waals surface area contributed by atoms with E-state index in [1.165, 1.54) is 12.8 Å². The van der Waals surface area contributed by atoms with Crippen molar-refractivity contribution in [3.63, 3.8) is 0 Å². The molecule has 1 aromatic heterocycles. The highest BCUT2D eigenvalue weighted by Crippen LogP contribution is 2.27. The summed E-state index contributed by atoms with van der Waals surface area (Å²) in [6.45, 7) is 2.03. The Kier molecular flexibility index (Phi) is 3.18. The van der Waals surface area contributed by atoms with Gasteiger partial charge in [0.2, 0.25) is 0 Å². The Hall–Kier alpha value is -0.420. The predicted octanol–water partition coefficient (Wildman–Crippen LogP) is 1.17. The number of halogens is 1. The Morgan fingerprint density at radius 3 is 2.93 bits per heavy atom. The lowest BCUT2D eigenvalue weighted by Gasteiger charge is -2.18. The van der Waals surface area contributed by atoms with Crippen LogP contribution in [0.5, 0.6) is 0 Å². The lowest BCUT2D eigenvalue weighted by molar-refractivity contribution is 0.269. The fraction of sp³-hybridized carbons (Fsp3) is 0.778. The highest BCUT2D eigenvalue weighted by Gasteiger charge is 2.28. The average Bonchev–Trinajstić information content (AvgIpc) is 2.91. The molecule has 0 spiro atoms. The molecule has 14 heavy (non-hydrogen) atoms. The highest BCUT2D eigenvalue weighted by molar-refractivity contribution is 9.09. The first-order valence-corrected chi connectivity index (χ1v) is 6.07. The van der Waals surface area contributed by atoms with Crippen LogP contribution in [0.25, 0.3) is 0 Å². The van der Waals surface area contributed by atoms with E-state index in [-0.39, 0.29) is 0 Å². The van der Waals surface area contributed by atoms with Crippen LogP contribution in [0.4, 0.5) is 0 Å². The number of hydrogen-bond acceptors (Lipinski definition) is 3. The normalized spacial score (nSPS) is 16.5. The summed E-state index contributed by atoms with van der Waals surface area (Å²) < 4.78 is 1.76. The van der Waals surface area contributed by atoms with Crippen LogP contribution >= 0.6 is 15.9 Å². The van der Waals surface area contributed by atoms with E-state index in [1.807, 2.05) is 13.2 Å². The summed E-state index contributed by atoms with van der Waals surface area (Å²) in [4.78, 5) is 2.47. The lowest BCUT2D eigenvalue weighted by atomic mass is 10.4. The largest absolute Gasteiger partial charge is 0.294 e. The maximum absolute atomic E-state index is 4.10. The van der Waals surface area contributed by atoms with Gasteiger partial charge in [-0.1, -0.05) is 21.1 Å². The van der Waals surface area contributed by atoms with Crippen LogP contribution in [0.15, 0.2) is 6.20 Å². The molecule has 1 heterocycles. The zero-order valence-electron chi connectivity index (χ0n) is 8.36. The van der Waals surface area contributed by atoms with Gasteiger partial charge >= 0.3 is 0 Å². The minimum atomic E-state index is 0.787. The molecule has 1 aliphatic carbocycles. The van der Waals surface area contributed by atoms with E-state index in [1.54, 1.807) is 4.68 Å². The first-order chi connectivity index (χ1) is 6.79. The van der Waals surface area contributed by atoms with Crippen LogP contribution in [-0.2, 0) is 13.6 Å². The molecule has 0 atom stereocenters. The van der Waals surface area contributed by atoms with Gasteiger partial charge < -0.3 is 0 Å². The van der Waals surface area contributed by atoms with Gasteiger partial charge in [-0.15, -0.1) is 5.10 Å². The number of aryl methyl sites for hydroxylation is 1. The Morgan fingerprint density at radius 2 is 2.43 bits per heavy atom. The second-order valence-corrected chi connectivity index (χ2v) is 4.57. The third-order valence-corrected chi connectivity index (χ3v) is 2.80. The topological polar surface area (TPSA) is 34.0 Å². The smallest absolute Gasteiger partial charge is 0.0967 e. The summed E-state index contributed by atoms with van der Waals surface area (Å²) in [5, 5.41) is 9.07. The summed E-state index contributed by atoms with van der Waals surface area (Å²) in [7, 11) is 1.91. The fourth-order valence-corrected chi connectivity index (χ4v) is 2.07. The van der Waals surface area contributed by atoms with Crippen molar-refractivity contribution in [1.29, 1.82) is 0 Å². The average molecular weight is 259 g/mol. The maximum Gasteiger partial charge on any atom is 0.0967 e. The standard InChI is InChI=1S/C9H15BrN4/c1-13-6-8(11-12-13)7-14(5-4-10)9-2-3-9/h6,9H,2-5,7H2,1H3. The molecule has 0 aromatic carbocycles. The minimum absolute atomic E-state index is 0.787. The summed E-state index contributed by atoms with van der Waals surface area (Å²) in [5.41, 5.74) is 1.07. The van der Waals surface area contributed by atoms with E-state index in [0.29, 0.717) is 0 Å². The molecule has 1 aromatic rings. The van der Waals surface area contributed by atoms with Crippen LogP contribution in [0, 0.1) is 0 Å². The van der Waals surface area contributed by atoms with E-state index in [0.717, 1.165) is 30.2 Å². The van der Waals surface area contributed by atoms with Crippen molar-refractivity contribution in [2.75, 3.05) is 11.9 Å². The van der Waals surface area contributed by atoms with Crippen molar-refractivity contribution in [2.24, 2.45) is 7.05 Å². The predicted molar refractivity (Wildman–Crippen MR) is 58.2 cm³/mol. The molecule has 0 saturated heterocycles. The van der Waals surface area contributed by atoms with E-state index < -0.39 is 0 Å². The van der Waals surface area contributed by atoms with Crippen molar-refractivity contribution < 1.29 is 0 Å². The molecular formula is C9H15BrN4. The molecule has 78 valence electrons. The third-order valence-electron chi connectivity index (χ3n) is 2.45. The van der Waals surface area contributed by atoms with Crippen molar-refractivity contribution in [3.05, 3.63) is 11.9 Å². The summed E-state index contributed by atoms with van der Waals surface area (Å²) in [6, 6.07) is 0.787. The summed E-state index contributed by atoms with van der Waals surface area (Å²) in [6.07, 6.45) is 4.67. The summed E-state index contributed by atoms with van der Waals surface area (Å²) in [5.74, 6) is 0. The van der Waals surface area contributed by atoms with Crippen LogP contribution in [0.2, 0.25) is 0 Å². The number of hydrogen-bond donors (Lipinski definition) is 0. The number of rotatable bonds is 5. The zero-order chi connectivity index (χ0) is 9.97. The third kappa shape index (κ3) is 2.54. The van der Waals surface area contributed by atoms with Gasteiger partial charge in [0.1, 0.15) is 0 Å². The molecule has 0 radical (unpaired) electrons. The van der Waals surface area contributed by atoms with Gasteiger partial charge in [-0.05, 0) is 12.8 Å². The molecule has 4 nitrogen and oxygen atoms in total. The minimum Gasteiger partial charge on any atom is -0.294 e.